The summed E-state index contributed by atoms with van der Waals surface area (Å²) in [4.78, 5) is 26.0. The van der Waals surface area contributed by atoms with Crippen molar-refractivity contribution in [1.29, 1.82) is 0 Å². The minimum atomic E-state index is -0.0684. The highest BCUT2D eigenvalue weighted by molar-refractivity contribution is 5.89. The summed E-state index contributed by atoms with van der Waals surface area (Å²) < 4.78 is 4.91. The molecule has 0 bridgehead atoms. The number of hydrogen-bond acceptors (Lipinski definition) is 5. The Morgan fingerprint density at radius 2 is 2.13 bits per heavy atom. The number of hydrogen-bond donors (Lipinski definition) is 2. The van der Waals surface area contributed by atoms with Crippen molar-refractivity contribution in [3.05, 3.63) is 11.8 Å². The molecule has 128 valence electrons. The van der Waals surface area contributed by atoms with E-state index in [0.29, 0.717) is 24.5 Å². The Kier molecular flexibility index (Phi) is 6.58. The van der Waals surface area contributed by atoms with Crippen molar-refractivity contribution < 1.29 is 14.1 Å². The molecular weight excluding hydrogens is 296 g/mol. The number of aromatic nitrogens is 1. The van der Waals surface area contributed by atoms with Crippen LogP contribution in [0.25, 0.3) is 0 Å². The summed E-state index contributed by atoms with van der Waals surface area (Å²) in [5, 5.41) is 9.42. The molecule has 1 aromatic heterocycles. The van der Waals surface area contributed by atoms with Gasteiger partial charge >= 0.3 is 0 Å². The van der Waals surface area contributed by atoms with E-state index >= 15 is 0 Å². The number of nitrogens with zero attached hydrogens (tertiary/aromatic N) is 2. The lowest BCUT2D eigenvalue weighted by molar-refractivity contribution is -0.126. The predicted octanol–water partition coefficient (Wildman–Crippen LogP) is 1.55. The highest BCUT2D eigenvalue weighted by Crippen LogP contribution is 2.17. The molecule has 1 saturated heterocycles. The van der Waals surface area contributed by atoms with Crippen LogP contribution in [0.15, 0.2) is 10.6 Å². The zero-order valence-corrected chi connectivity index (χ0v) is 13.9. The van der Waals surface area contributed by atoms with Gasteiger partial charge < -0.3 is 20.1 Å². The van der Waals surface area contributed by atoms with Crippen molar-refractivity contribution >= 4 is 17.6 Å². The highest BCUT2D eigenvalue weighted by Gasteiger charge is 2.24. The van der Waals surface area contributed by atoms with Crippen LogP contribution in [-0.4, -0.2) is 48.0 Å². The third-order valence-electron chi connectivity index (χ3n) is 4.06. The third kappa shape index (κ3) is 5.67. The number of rotatable bonds is 7. The van der Waals surface area contributed by atoms with Crippen LogP contribution in [0.3, 0.4) is 0 Å². The molecule has 7 heteroatoms. The molecule has 1 aromatic rings. The quantitative estimate of drug-likeness (QED) is 0.795. The molecule has 2 N–H and O–H groups in total. The zero-order chi connectivity index (χ0) is 16.7. The lowest BCUT2D eigenvalue weighted by Crippen LogP contribution is -2.41. The molecule has 1 aliphatic rings. The van der Waals surface area contributed by atoms with Crippen molar-refractivity contribution in [2.45, 2.75) is 39.5 Å². The Hall–Kier alpha value is -1.89. The van der Waals surface area contributed by atoms with Gasteiger partial charge in [-0.25, -0.2) is 0 Å². The molecule has 0 saturated carbocycles. The van der Waals surface area contributed by atoms with Crippen LogP contribution in [0.1, 0.15) is 38.4 Å². The van der Waals surface area contributed by atoms with Gasteiger partial charge in [-0.3, -0.25) is 9.59 Å². The van der Waals surface area contributed by atoms with Gasteiger partial charge in [0.1, 0.15) is 5.76 Å². The average Bonchev–Trinajstić information content (AvgIpc) is 2.96. The van der Waals surface area contributed by atoms with Crippen LogP contribution in [0.5, 0.6) is 0 Å². The molecule has 2 heterocycles. The minimum absolute atomic E-state index is 0.0684. The van der Waals surface area contributed by atoms with E-state index in [-0.39, 0.29) is 17.7 Å². The van der Waals surface area contributed by atoms with E-state index in [9.17, 15) is 9.59 Å². The fourth-order valence-corrected chi connectivity index (χ4v) is 2.70. The van der Waals surface area contributed by atoms with Crippen molar-refractivity contribution in [1.82, 2.24) is 15.4 Å². The Morgan fingerprint density at radius 1 is 1.39 bits per heavy atom. The van der Waals surface area contributed by atoms with Gasteiger partial charge in [-0.15, -0.1) is 0 Å². The number of piperidine rings is 1. The molecule has 0 radical (unpaired) electrons. The molecule has 1 aliphatic heterocycles. The third-order valence-corrected chi connectivity index (χ3v) is 4.06. The fourth-order valence-electron chi connectivity index (χ4n) is 2.70. The van der Waals surface area contributed by atoms with Gasteiger partial charge in [-0.1, -0.05) is 12.1 Å². The molecule has 0 spiro atoms. The molecule has 1 fully saturated rings. The standard InChI is InChI=1S/C16H26N4O3/c1-3-7-17-16(22)13-4-8-20(9-5-13)10-6-15(21)18-14-11-12(2)23-19-14/h11,13H,3-10H2,1-2H3,(H,17,22)(H,18,19,21). The molecule has 23 heavy (non-hydrogen) atoms. The first-order valence-corrected chi connectivity index (χ1v) is 8.31. The van der Waals surface area contributed by atoms with E-state index in [1.54, 1.807) is 13.0 Å². The van der Waals surface area contributed by atoms with Crippen molar-refractivity contribution in [2.75, 3.05) is 31.5 Å². The summed E-state index contributed by atoms with van der Waals surface area (Å²) in [7, 11) is 0. The average molecular weight is 322 g/mol. The van der Waals surface area contributed by atoms with Crippen molar-refractivity contribution in [3.8, 4) is 0 Å². The molecule has 7 nitrogen and oxygen atoms in total. The fraction of sp³-hybridized carbons (Fsp3) is 0.688. The Bertz CT molecular complexity index is 521. The maximum Gasteiger partial charge on any atom is 0.226 e. The molecule has 2 rings (SSSR count). The summed E-state index contributed by atoms with van der Waals surface area (Å²) in [6, 6.07) is 1.69. The SMILES string of the molecule is CCCNC(=O)C1CCN(CCC(=O)Nc2cc(C)on2)CC1. The Labute approximate surface area is 136 Å². The molecule has 0 aromatic carbocycles. The lowest BCUT2D eigenvalue weighted by atomic mass is 9.96. The molecule has 0 atom stereocenters. The van der Waals surface area contributed by atoms with Crippen LogP contribution >= 0.6 is 0 Å². The van der Waals surface area contributed by atoms with Crippen LogP contribution in [0.2, 0.25) is 0 Å². The summed E-state index contributed by atoms with van der Waals surface area (Å²) in [5.41, 5.74) is 0. The van der Waals surface area contributed by atoms with Gasteiger partial charge in [0.25, 0.3) is 0 Å². The summed E-state index contributed by atoms with van der Waals surface area (Å²) in [5.74, 6) is 1.35. The maximum absolute atomic E-state index is 11.9. The van der Waals surface area contributed by atoms with Crippen LogP contribution in [0.4, 0.5) is 5.82 Å². The van der Waals surface area contributed by atoms with Crippen molar-refractivity contribution in [2.24, 2.45) is 5.92 Å². The monoisotopic (exact) mass is 322 g/mol. The Balaban J connectivity index is 1.64. The van der Waals surface area contributed by atoms with E-state index in [4.69, 9.17) is 4.52 Å². The summed E-state index contributed by atoms with van der Waals surface area (Å²) in [6.07, 6.45) is 3.10. The van der Waals surface area contributed by atoms with Gasteiger partial charge in [-0.2, -0.15) is 0 Å². The van der Waals surface area contributed by atoms with E-state index in [0.717, 1.165) is 38.9 Å². The van der Waals surface area contributed by atoms with E-state index in [2.05, 4.69) is 20.7 Å². The maximum atomic E-state index is 11.9. The number of amides is 2. The highest BCUT2D eigenvalue weighted by atomic mass is 16.5. The second kappa shape index (κ2) is 8.67. The van der Waals surface area contributed by atoms with Gasteiger partial charge in [0.05, 0.1) is 0 Å². The normalized spacial score (nSPS) is 16.3. The van der Waals surface area contributed by atoms with Crippen LogP contribution in [0, 0.1) is 12.8 Å². The summed E-state index contributed by atoms with van der Waals surface area (Å²) >= 11 is 0. The van der Waals surface area contributed by atoms with E-state index < -0.39 is 0 Å². The number of likely N-dealkylation sites (tertiary alicyclic amines) is 1. The van der Waals surface area contributed by atoms with Gasteiger partial charge in [0.15, 0.2) is 5.82 Å². The lowest BCUT2D eigenvalue weighted by Gasteiger charge is -2.31. The second-order valence-corrected chi connectivity index (χ2v) is 6.03. The minimum Gasteiger partial charge on any atom is -0.360 e. The Morgan fingerprint density at radius 3 is 2.74 bits per heavy atom. The second-order valence-electron chi connectivity index (χ2n) is 6.03. The molecule has 0 aliphatic carbocycles. The molecular formula is C16H26N4O3. The van der Waals surface area contributed by atoms with E-state index in [1.165, 1.54) is 0 Å². The summed E-state index contributed by atoms with van der Waals surface area (Å²) in [6.45, 7) is 7.01. The number of carbonyl (C=O) groups excluding carboxylic acids is 2. The largest absolute Gasteiger partial charge is 0.360 e. The molecule has 0 unspecified atom stereocenters. The predicted molar refractivity (Wildman–Crippen MR) is 87.0 cm³/mol. The number of anilines is 1. The number of nitrogens with one attached hydrogen (secondary N) is 2. The number of carbonyl (C=O) groups is 2. The van der Waals surface area contributed by atoms with Crippen molar-refractivity contribution in [3.63, 3.8) is 0 Å². The van der Waals surface area contributed by atoms with Crippen LogP contribution in [-0.2, 0) is 9.59 Å². The van der Waals surface area contributed by atoms with Gasteiger partial charge in [0.2, 0.25) is 11.8 Å². The van der Waals surface area contributed by atoms with E-state index in [1.807, 2.05) is 6.92 Å². The van der Waals surface area contributed by atoms with Crippen LogP contribution < -0.4 is 10.6 Å². The first kappa shape index (κ1) is 17.5. The van der Waals surface area contributed by atoms with Gasteiger partial charge in [0, 0.05) is 31.5 Å². The zero-order valence-electron chi connectivity index (χ0n) is 13.9. The topological polar surface area (TPSA) is 87.5 Å². The first-order valence-electron chi connectivity index (χ1n) is 8.31. The van der Waals surface area contributed by atoms with Gasteiger partial charge in [-0.05, 0) is 39.3 Å². The number of aryl methyl sites for hydroxylation is 1. The molecule has 2 amide bonds. The first-order chi connectivity index (χ1) is 11.1. The smallest absolute Gasteiger partial charge is 0.226 e.